The van der Waals surface area contributed by atoms with E-state index in [0.29, 0.717) is 0 Å². The summed E-state index contributed by atoms with van der Waals surface area (Å²) in [4.78, 5) is 0. The largest absolute Gasteiger partial charge is 0.459 e. The molecule has 0 aromatic heterocycles. The lowest BCUT2D eigenvalue weighted by atomic mass is 9.61. The Morgan fingerprint density at radius 3 is 0.531 bits per heavy atom. The van der Waals surface area contributed by atoms with Gasteiger partial charge in [0, 0.05) is 11.1 Å². The molecule has 1 aliphatic rings. The number of hydrogen-bond acceptors (Lipinski definition) is 0. The van der Waals surface area contributed by atoms with Gasteiger partial charge in [-0.15, -0.1) is 0 Å². The molecule has 0 unspecified atom stereocenters. The van der Waals surface area contributed by atoms with E-state index in [2.05, 4.69) is 0 Å². The molecule has 0 spiro atoms. The van der Waals surface area contributed by atoms with Crippen LogP contribution >= 0.6 is 0 Å². The SMILES string of the molecule is FC(F)(F)C(F)(F)C(F)(F)C(C1=C(C(C(F)(F)F)(C(F)(F)F)C(F)(F)C(F)(F)C(F)(F)F)C(F)(F)C(F)(F)C1(F)F)(C(F)(F)F)C(F)(F)F. The van der Waals surface area contributed by atoms with Gasteiger partial charge in [0.25, 0.3) is 10.8 Å². The van der Waals surface area contributed by atoms with Crippen LogP contribution in [0.2, 0.25) is 0 Å². The van der Waals surface area contributed by atoms with Crippen LogP contribution in [0.3, 0.4) is 0 Å². The third-order valence-electron chi connectivity index (χ3n) is 6.56. The summed E-state index contributed by atoms with van der Waals surface area (Å²) >= 11 is 0. The highest BCUT2D eigenvalue weighted by Gasteiger charge is 3.04. The van der Waals surface area contributed by atoms with E-state index in [4.69, 9.17) is 0 Å². The minimum atomic E-state index is -10.6. The van der Waals surface area contributed by atoms with Crippen molar-refractivity contribution in [2.75, 3.05) is 0 Å². The zero-order chi connectivity index (χ0) is 40.7. The maximum absolute atomic E-state index is 14.6. The molecular weight excluding hydrogens is 812 g/mol. The van der Waals surface area contributed by atoms with Crippen molar-refractivity contribution in [2.45, 2.75) is 78.5 Å². The number of halogens is 32. The Bertz CT molecular complexity index is 1170. The normalized spacial score (nSPS) is 21.1. The highest BCUT2D eigenvalue weighted by atomic mass is 19.5. The van der Waals surface area contributed by atoms with Crippen LogP contribution in [0.1, 0.15) is 0 Å². The molecule has 0 saturated heterocycles. The van der Waals surface area contributed by atoms with Crippen LogP contribution in [0.4, 0.5) is 140 Å². The number of allylic oxidation sites excluding steroid dienone is 2. The fourth-order valence-corrected chi connectivity index (χ4v) is 4.41. The molecule has 0 N–H and O–H groups in total. The predicted molar refractivity (Wildman–Crippen MR) is 82.9 cm³/mol. The summed E-state index contributed by atoms with van der Waals surface area (Å²) in [6, 6.07) is 0. The number of alkyl halides is 32. The van der Waals surface area contributed by atoms with Crippen molar-refractivity contribution in [3.63, 3.8) is 0 Å². The third-order valence-corrected chi connectivity index (χ3v) is 6.56. The second kappa shape index (κ2) is 10.3. The highest BCUT2D eigenvalue weighted by molar-refractivity contribution is 5.54. The standard InChI is InChI=1S/C17F32/c18-5(19)1(3(12(32,33)34,13(35,36)37)7(22,23)10(28,29)16(44,45)46)2(6(20,21)9(5,26)27)4(14(38,39)40,15(41,42)43)8(24,25)11(30,31)17(47,48)49. The van der Waals surface area contributed by atoms with Crippen LogP contribution < -0.4 is 0 Å². The first-order valence-corrected chi connectivity index (χ1v) is 10.3. The molecule has 0 heterocycles. The zero-order valence-corrected chi connectivity index (χ0v) is 20.6. The Balaban J connectivity index is 5.60. The van der Waals surface area contributed by atoms with Crippen LogP contribution in [-0.2, 0) is 0 Å². The van der Waals surface area contributed by atoms with Crippen molar-refractivity contribution in [3.05, 3.63) is 11.1 Å². The molecule has 0 fully saturated rings. The molecule has 0 atom stereocenters. The van der Waals surface area contributed by atoms with Crippen molar-refractivity contribution in [1.82, 2.24) is 0 Å². The molecule has 1 aliphatic carbocycles. The lowest BCUT2D eigenvalue weighted by molar-refractivity contribution is -0.459. The van der Waals surface area contributed by atoms with Crippen molar-refractivity contribution in [1.29, 1.82) is 0 Å². The van der Waals surface area contributed by atoms with Crippen LogP contribution in [0.5, 0.6) is 0 Å². The van der Waals surface area contributed by atoms with E-state index in [1.165, 1.54) is 0 Å². The smallest absolute Gasteiger partial charge is 0.198 e. The van der Waals surface area contributed by atoms with E-state index in [0.717, 1.165) is 0 Å². The Labute approximate surface area is 242 Å². The van der Waals surface area contributed by atoms with Gasteiger partial charge in [0.05, 0.1) is 0 Å². The lowest BCUT2D eigenvalue weighted by Crippen LogP contribution is -2.74. The second-order valence-electron chi connectivity index (χ2n) is 9.26. The van der Waals surface area contributed by atoms with Gasteiger partial charge in [-0.3, -0.25) is 0 Å². The third kappa shape index (κ3) is 4.83. The van der Waals surface area contributed by atoms with E-state index in [1.807, 2.05) is 0 Å². The first-order chi connectivity index (χ1) is 20.5. The average molecular weight is 812 g/mol. The zero-order valence-electron chi connectivity index (χ0n) is 20.6. The Morgan fingerprint density at radius 2 is 0.408 bits per heavy atom. The van der Waals surface area contributed by atoms with E-state index in [1.54, 1.807) is 0 Å². The molecule has 0 bridgehead atoms. The molecule has 0 radical (unpaired) electrons. The van der Waals surface area contributed by atoms with Gasteiger partial charge in [-0.1, -0.05) is 0 Å². The molecule has 49 heavy (non-hydrogen) atoms. The Kier molecular flexibility index (Phi) is 9.36. The molecule has 0 amide bonds. The van der Waals surface area contributed by atoms with Crippen LogP contribution in [-0.4, -0.2) is 78.5 Å². The molecule has 32 heteroatoms. The summed E-state index contributed by atoms with van der Waals surface area (Å²) in [6.07, 6.45) is -57.8. The molecule has 0 saturated carbocycles. The summed E-state index contributed by atoms with van der Waals surface area (Å²) in [6.45, 7) is 0. The van der Waals surface area contributed by atoms with Gasteiger partial charge in [-0.05, 0) is 0 Å². The average Bonchev–Trinajstić information content (AvgIpc) is 2.84. The van der Waals surface area contributed by atoms with E-state index in [9.17, 15) is 140 Å². The second-order valence-corrected chi connectivity index (χ2v) is 9.26. The summed E-state index contributed by atoms with van der Waals surface area (Å²) < 4.78 is 441. The van der Waals surface area contributed by atoms with Crippen LogP contribution in [0, 0.1) is 10.8 Å². The highest BCUT2D eigenvalue weighted by Crippen LogP contribution is 2.81. The summed E-state index contributed by atoms with van der Waals surface area (Å²) in [5.74, 6) is -68.8. The van der Waals surface area contributed by atoms with Gasteiger partial charge >= 0.3 is 78.5 Å². The van der Waals surface area contributed by atoms with Crippen molar-refractivity contribution in [3.8, 4) is 0 Å². The van der Waals surface area contributed by atoms with Gasteiger partial charge in [-0.2, -0.15) is 140 Å². The lowest BCUT2D eigenvalue weighted by Gasteiger charge is -2.50. The summed E-state index contributed by atoms with van der Waals surface area (Å²) in [7, 11) is 0. The van der Waals surface area contributed by atoms with Gasteiger partial charge in [0.2, 0.25) is 0 Å². The van der Waals surface area contributed by atoms with Crippen molar-refractivity contribution < 1.29 is 140 Å². The quantitative estimate of drug-likeness (QED) is 0.185. The van der Waals surface area contributed by atoms with Crippen LogP contribution in [0.15, 0.2) is 11.1 Å². The number of rotatable bonds is 6. The monoisotopic (exact) mass is 812 g/mol. The van der Waals surface area contributed by atoms with E-state index >= 15 is 0 Å². The van der Waals surface area contributed by atoms with Crippen molar-refractivity contribution >= 4 is 0 Å². The maximum atomic E-state index is 14.6. The van der Waals surface area contributed by atoms with Crippen LogP contribution in [0.25, 0.3) is 0 Å². The Hall–Kier alpha value is -2.50. The van der Waals surface area contributed by atoms with E-state index in [-0.39, 0.29) is 0 Å². The molecule has 0 aromatic rings. The van der Waals surface area contributed by atoms with Crippen molar-refractivity contribution in [2.24, 2.45) is 10.8 Å². The fraction of sp³-hybridized carbons (Fsp3) is 0.882. The van der Waals surface area contributed by atoms with Gasteiger partial charge in [-0.25, -0.2) is 0 Å². The number of hydrogen-bond donors (Lipinski definition) is 0. The van der Waals surface area contributed by atoms with Gasteiger partial charge < -0.3 is 0 Å². The molecule has 292 valence electrons. The predicted octanol–water partition coefficient (Wildman–Crippen LogP) is 11.1. The molecule has 1 rings (SSSR count). The Morgan fingerprint density at radius 1 is 0.245 bits per heavy atom. The fourth-order valence-electron chi connectivity index (χ4n) is 4.41. The minimum Gasteiger partial charge on any atom is -0.198 e. The summed E-state index contributed by atoms with van der Waals surface area (Å²) in [5.41, 5.74) is -36.5. The first-order valence-electron chi connectivity index (χ1n) is 10.3. The van der Waals surface area contributed by atoms with Gasteiger partial charge in [0.15, 0.2) is 0 Å². The maximum Gasteiger partial charge on any atom is 0.459 e. The molecule has 0 nitrogen and oxygen atoms in total. The first kappa shape index (κ1) is 44.5. The van der Waals surface area contributed by atoms with E-state index < -0.39 is 100 Å². The van der Waals surface area contributed by atoms with Gasteiger partial charge in [0.1, 0.15) is 0 Å². The topological polar surface area (TPSA) is 0 Å². The molecule has 0 aromatic carbocycles. The molecule has 0 aliphatic heterocycles. The molecular formula is C17F32. The summed E-state index contributed by atoms with van der Waals surface area (Å²) in [5, 5.41) is 0. The minimum absolute atomic E-state index is 7.66.